The maximum absolute atomic E-state index is 12.7. The largest absolute Gasteiger partial charge is 0.495 e. The van der Waals surface area contributed by atoms with Crippen LogP contribution < -0.4 is 20.5 Å². The minimum Gasteiger partial charge on any atom is -0.495 e. The molecule has 1 atom stereocenters. The second-order valence-electron chi connectivity index (χ2n) is 6.53. The van der Waals surface area contributed by atoms with Crippen molar-refractivity contribution in [1.29, 1.82) is 0 Å². The molecule has 0 bridgehead atoms. The minimum absolute atomic E-state index is 0.00867. The Morgan fingerprint density at radius 3 is 2.50 bits per heavy atom. The number of anilines is 1. The third-order valence-corrected chi connectivity index (χ3v) is 5.06. The van der Waals surface area contributed by atoms with Crippen LogP contribution in [0.2, 0.25) is 5.02 Å². The first-order valence-electron chi connectivity index (χ1n) is 8.74. The summed E-state index contributed by atoms with van der Waals surface area (Å²) in [5.41, 5.74) is 8.16. The van der Waals surface area contributed by atoms with Crippen LogP contribution in [0.25, 0.3) is 0 Å². The van der Waals surface area contributed by atoms with E-state index in [4.69, 9.17) is 26.8 Å². The van der Waals surface area contributed by atoms with Gasteiger partial charge in [0, 0.05) is 12.6 Å². The number of halogens is 1. The molecule has 3 rings (SSSR count). The predicted octanol–water partition coefficient (Wildman–Crippen LogP) is 2.21. The summed E-state index contributed by atoms with van der Waals surface area (Å²) in [6.45, 7) is 0.479. The van der Waals surface area contributed by atoms with E-state index in [2.05, 4.69) is 5.32 Å². The number of nitrogens with one attached hydrogen (secondary N) is 1. The summed E-state index contributed by atoms with van der Waals surface area (Å²) in [5.74, 6) is 0.112. The van der Waals surface area contributed by atoms with Crippen molar-refractivity contribution in [2.75, 3.05) is 26.1 Å². The Morgan fingerprint density at radius 1 is 1.18 bits per heavy atom. The summed E-state index contributed by atoms with van der Waals surface area (Å²) in [6.07, 6.45) is 0.483. The van der Waals surface area contributed by atoms with Gasteiger partial charge in [-0.15, -0.1) is 0 Å². The van der Waals surface area contributed by atoms with E-state index in [-0.39, 0.29) is 12.5 Å². The first kappa shape index (κ1) is 20.0. The Balaban J connectivity index is 1.77. The van der Waals surface area contributed by atoms with Gasteiger partial charge in [0.25, 0.3) is 0 Å². The van der Waals surface area contributed by atoms with Gasteiger partial charge in [-0.2, -0.15) is 0 Å². The van der Waals surface area contributed by atoms with Gasteiger partial charge >= 0.3 is 0 Å². The molecule has 1 aliphatic heterocycles. The van der Waals surface area contributed by atoms with Crippen molar-refractivity contribution in [3.05, 3.63) is 52.5 Å². The van der Waals surface area contributed by atoms with Crippen molar-refractivity contribution in [3.8, 4) is 11.5 Å². The van der Waals surface area contributed by atoms with Crippen molar-refractivity contribution in [2.24, 2.45) is 5.73 Å². The summed E-state index contributed by atoms with van der Waals surface area (Å²) in [4.78, 5) is 26.4. The van der Waals surface area contributed by atoms with E-state index in [1.165, 1.54) is 14.2 Å². The van der Waals surface area contributed by atoms with Crippen molar-refractivity contribution in [1.82, 2.24) is 4.90 Å². The molecule has 2 amide bonds. The van der Waals surface area contributed by atoms with Crippen LogP contribution in [-0.4, -0.2) is 43.5 Å². The molecule has 0 aromatic heterocycles. The van der Waals surface area contributed by atoms with E-state index in [0.29, 0.717) is 35.2 Å². The highest BCUT2D eigenvalue weighted by molar-refractivity contribution is 6.32. The highest BCUT2D eigenvalue weighted by Gasteiger charge is 2.31. The van der Waals surface area contributed by atoms with Crippen LogP contribution >= 0.6 is 11.6 Å². The minimum atomic E-state index is -0.540. The molecule has 3 N–H and O–H groups in total. The molecule has 0 spiro atoms. The summed E-state index contributed by atoms with van der Waals surface area (Å²) < 4.78 is 10.5. The van der Waals surface area contributed by atoms with Crippen LogP contribution in [0.3, 0.4) is 0 Å². The third-order valence-electron chi connectivity index (χ3n) is 4.77. The molecular formula is C20H22ClN3O4. The van der Waals surface area contributed by atoms with E-state index in [0.717, 1.165) is 11.1 Å². The highest BCUT2D eigenvalue weighted by atomic mass is 35.5. The van der Waals surface area contributed by atoms with Crippen LogP contribution in [0, 0.1) is 0 Å². The highest BCUT2D eigenvalue weighted by Crippen LogP contribution is 2.36. The second kappa shape index (κ2) is 8.50. The van der Waals surface area contributed by atoms with Crippen LogP contribution in [-0.2, 0) is 22.6 Å². The molecule has 0 saturated carbocycles. The monoisotopic (exact) mass is 403 g/mol. The lowest BCUT2D eigenvalue weighted by Gasteiger charge is -2.34. The fraction of sp³-hybridized carbons (Fsp3) is 0.300. The number of nitrogens with zero attached hydrogens (tertiary/aromatic N) is 1. The van der Waals surface area contributed by atoms with Gasteiger partial charge in [-0.1, -0.05) is 35.9 Å². The lowest BCUT2D eigenvalue weighted by molar-refractivity contribution is -0.125. The number of benzene rings is 2. The van der Waals surface area contributed by atoms with Gasteiger partial charge in [0.1, 0.15) is 11.5 Å². The zero-order chi connectivity index (χ0) is 20.3. The zero-order valence-corrected chi connectivity index (χ0v) is 16.5. The number of nitrogens with two attached hydrogens (primary N) is 1. The van der Waals surface area contributed by atoms with Gasteiger partial charge in [0.05, 0.1) is 37.5 Å². The Kier molecular flexibility index (Phi) is 6.06. The Morgan fingerprint density at radius 2 is 1.86 bits per heavy atom. The number of hydrogen-bond acceptors (Lipinski definition) is 5. The Bertz CT molecular complexity index is 903. The van der Waals surface area contributed by atoms with Crippen LogP contribution in [0.1, 0.15) is 11.1 Å². The number of primary amides is 1. The van der Waals surface area contributed by atoms with Gasteiger partial charge in [0.2, 0.25) is 11.8 Å². The molecule has 148 valence electrons. The lowest BCUT2D eigenvalue weighted by Crippen LogP contribution is -2.50. The lowest BCUT2D eigenvalue weighted by atomic mass is 9.93. The van der Waals surface area contributed by atoms with Gasteiger partial charge in [-0.25, -0.2) is 0 Å². The number of fused-ring (bicyclic) bond motifs is 1. The Hall–Kier alpha value is -2.77. The molecule has 2 aromatic rings. The van der Waals surface area contributed by atoms with Gasteiger partial charge in [-0.05, 0) is 23.6 Å². The number of ether oxygens (including phenoxy) is 2. The maximum atomic E-state index is 12.7. The molecule has 2 aromatic carbocycles. The number of amides is 2. The molecule has 1 heterocycles. The number of carbonyl (C=O) groups excluding carboxylic acids is 2. The first-order valence-corrected chi connectivity index (χ1v) is 9.12. The average Bonchev–Trinajstić information content (AvgIpc) is 2.67. The molecule has 0 aliphatic carbocycles. The van der Waals surface area contributed by atoms with Crippen LogP contribution in [0.15, 0.2) is 36.4 Å². The van der Waals surface area contributed by atoms with Crippen molar-refractivity contribution in [3.63, 3.8) is 0 Å². The normalized spacial score (nSPS) is 16.2. The number of hydrogen-bond donors (Lipinski definition) is 2. The molecular weight excluding hydrogens is 382 g/mol. The molecule has 0 radical (unpaired) electrons. The molecule has 0 saturated heterocycles. The molecule has 8 heteroatoms. The average molecular weight is 404 g/mol. The SMILES string of the molecule is COc1cc(OC)c(NC(=O)CN2Cc3ccccc3C[C@@H]2C(N)=O)cc1Cl. The summed E-state index contributed by atoms with van der Waals surface area (Å²) in [6, 6.07) is 10.5. The van der Waals surface area contributed by atoms with Crippen molar-refractivity contribution >= 4 is 29.1 Å². The molecule has 28 heavy (non-hydrogen) atoms. The van der Waals surface area contributed by atoms with Gasteiger partial charge in [0.15, 0.2) is 0 Å². The van der Waals surface area contributed by atoms with Crippen LogP contribution in [0.5, 0.6) is 11.5 Å². The van der Waals surface area contributed by atoms with Crippen molar-refractivity contribution in [2.45, 2.75) is 19.0 Å². The standard InChI is InChI=1S/C20H22ClN3O4/c1-27-17-9-18(28-2)15(8-14(17)21)23-19(25)11-24-10-13-6-4-3-5-12(13)7-16(24)20(22)26/h3-6,8-9,16H,7,10-11H2,1-2H3,(H2,22,26)(H,23,25)/t16-/m1/s1. The van der Waals surface area contributed by atoms with E-state index in [1.54, 1.807) is 17.0 Å². The molecule has 0 fully saturated rings. The second-order valence-corrected chi connectivity index (χ2v) is 6.94. The van der Waals surface area contributed by atoms with Gasteiger partial charge < -0.3 is 20.5 Å². The summed E-state index contributed by atoms with van der Waals surface area (Å²) in [7, 11) is 2.99. The summed E-state index contributed by atoms with van der Waals surface area (Å²) >= 11 is 6.15. The fourth-order valence-electron chi connectivity index (χ4n) is 3.36. The predicted molar refractivity (Wildman–Crippen MR) is 107 cm³/mol. The molecule has 0 unspecified atom stereocenters. The number of methoxy groups -OCH3 is 2. The smallest absolute Gasteiger partial charge is 0.238 e. The van der Waals surface area contributed by atoms with E-state index in [9.17, 15) is 9.59 Å². The number of carbonyl (C=O) groups is 2. The first-order chi connectivity index (χ1) is 13.4. The van der Waals surface area contributed by atoms with E-state index >= 15 is 0 Å². The fourth-order valence-corrected chi connectivity index (χ4v) is 3.60. The van der Waals surface area contributed by atoms with E-state index in [1.807, 2.05) is 24.3 Å². The maximum Gasteiger partial charge on any atom is 0.238 e. The van der Waals surface area contributed by atoms with Crippen LogP contribution in [0.4, 0.5) is 5.69 Å². The quantitative estimate of drug-likeness (QED) is 0.771. The topological polar surface area (TPSA) is 93.9 Å². The summed E-state index contributed by atoms with van der Waals surface area (Å²) in [5, 5.41) is 3.13. The van der Waals surface area contributed by atoms with Crippen molar-refractivity contribution < 1.29 is 19.1 Å². The molecule has 7 nitrogen and oxygen atoms in total. The Labute approximate surface area is 168 Å². The zero-order valence-electron chi connectivity index (χ0n) is 15.7. The number of rotatable bonds is 6. The molecule has 1 aliphatic rings. The third kappa shape index (κ3) is 4.21. The van der Waals surface area contributed by atoms with E-state index < -0.39 is 11.9 Å². The van der Waals surface area contributed by atoms with Gasteiger partial charge in [-0.3, -0.25) is 14.5 Å².